The van der Waals surface area contributed by atoms with Crippen molar-refractivity contribution in [3.8, 4) is 0 Å². The predicted molar refractivity (Wildman–Crippen MR) is 40.8 cm³/mol. The van der Waals surface area contributed by atoms with E-state index in [9.17, 15) is 0 Å². The van der Waals surface area contributed by atoms with Gasteiger partial charge in [0.1, 0.15) is 0 Å². The van der Waals surface area contributed by atoms with Crippen LogP contribution in [0.25, 0.3) is 0 Å². The van der Waals surface area contributed by atoms with Crippen molar-refractivity contribution < 1.29 is 0 Å². The Kier molecular flexibility index (Phi) is 2.35. The van der Waals surface area contributed by atoms with Gasteiger partial charge < -0.3 is 0 Å². The molecular weight excluding hydrogens is 204 g/mol. The Morgan fingerprint density at radius 3 is 2.78 bits per heavy atom. The van der Waals surface area contributed by atoms with Gasteiger partial charge in [0.05, 0.1) is 11.8 Å². The summed E-state index contributed by atoms with van der Waals surface area (Å²) in [6.07, 6.45) is 0. The molecule has 0 radical (unpaired) electrons. The Labute approximate surface area is 68.5 Å². The molecule has 9 heavy (non-hydrogen) atoms. The maximum atomic E-state index is 5.60. The number of hydrogen-bond donors (Lipinski definition) is 2. The molecule has 0 amide bonds. The summed E-state index contributed by atoms with van der Waals surface area (Å²) in [6, 6.07) is 0. The first-order valence-corrected chi connectivity index (χ1v) is 4.77. The van der Waals surface area contributed by atoms with Gasteiger partial charge in [-0.1, -0.05) is 20.4 Å². The molecule has 1 aromatic rings. The fourth-order valence-corrected chi connectivity index (χ4v) is 2.25. The van der Waals surface area contributed by atoms with Crippen molar-refractivity contribution >= 4 is 43.9 Å². The van der Waals surface area contributed by atoms with Crippen molar-refractivity contribution in [2.45, 2.75) is 0 Å². The first kappa shape index (κ1) is 7.34. The summed E-state index contributed by atoms with van der Waals surface area (Å²) in [5.74, 6) is 0. The third kappa shape index (κ3) is 2.14. The predicted octanol–water partition coefficient (Wildman–Crippen LogP) is 2.67. The number of nitrogens with one attached hydrogen (secondary N) is 2. The van der Waals surface area contributed by atoms with Crippen LogP contribution in [0, 0.1) is 0 Å². The topological polar surface area (TPSA) is 36.5 Å². The van der Waals surface area contributed by atoms with E-state index in [4.69, 9.17) is 34.1 Å². The molecule has 52 valence electrons. The lowest BCUT2D eigenvalue weighted by atomic mass is 11.0. The van der Waals surface area contributed by atoms with Crippen LogP contribution in [-0.2, 0) is 0 Å². The number of aromatic nitrogens is 3. The molecule has 1 heterocycles. The summed E-state index contributed by atoms with van der Waals surface area (Å²) in [5, 5.41) is 4.58. The maximum Gasteiger partial charge on any atom is 0.237 e. The number of nitrogens with zero attached hydrogens (tertiary/aromatic N) is 1. The van der Waals surface area contributed by atoms with Crippen LogP contribution in [0.5, 0.6) is 0 Å². The van der Waals surface area contributed by atoms with E-state index >= 15 is 0 Å². The minimum Gasteiger partial charge on any atom is -0.250 e. The van der Waals surface area contributed by atoms with Crippen molar-refractivity contribution in [1.29, 1.82) is 0 Å². The Morgan fingerprint density at radius 2 is 2.33 bits per heavy atom. The van der Waals surface area contributed by atoms with E-state index in [2.05, 4.69) is 9.59 Å². The first-order chi connectivity index (χ1) is 4.18. The average molecular weight is 207 g/mol. The third-order valence-electron chi connectivity index (χ3n) is 0.579. The first-order valence-electron chi connectivity index (χ1n) is 1.94. The van der Waals surface area contributed by atoms with E-state index < -0.39 is 9.88 Å². The van der Waals surface area contributed by atoms with Gasteiger partial charge in [0.25, 0.3) is 0 Å². The number of halogens is 3. The van der Waals surface area contributed by atoms with Crippen molar-refractivity contribution in [2.75, 3.05) is 0 Å². The lowest BCUT2D eigenvalue weighted by Gasteiger charge is -1.90. The molecule has 1 atom stereocenters. The molecule has 7 heteroatoms. The van der Waals surface area contributed by atoms with Crippen molar-refractivity contribution in [2.24, 2.45) is 0 Å². The highest BCUT2D eigenvalue weighted by molar-refractivity contribution is 7.57. The zero-order valence-corrected chi connectivity index (χ0v) is 7.15. The molecule has 0 aliphatic carbocycles. The van der Waals surface area contributed by atoms with Crippen LogP contribution in [0.3, 0.4) is 0 Å². The molecule has 0 aliphatic rings. The largest absolute Gasteiger partial charge is 0.250 e. The van der Waals surface area contributed by atoms with Gasteiger partial charge in [0.2, 0.25) is 25.9 Å². The molecule has 2 N–H and O–H groups in total. The zero-order chi connectivity index (χ0) is 6.85. The molecule has 1 unspecified atom stereocenters. The summed E-state index contributed by atoms with van der Waals surface area (Å²) in [6.45, 7) is 0. The molecule has 0 aliphatic heterocycles. The fraction of sp³-hybridized carbons (Fsp3) is 0. The van der Waals surface area contributed by atoms with Gasteiger partial charge >= 0.3 is 0 Å². The van der Waals surface area contributed by atoms with Crippen molar-refractivity contribution in [1.82, 2.24) is 13.9 Å². The van der Waals surface area contributed by atoms with Crippen LogP contribution >= 0.6 is 43.9 Å². The standard InChI is InChI=1S/C2H3Cl3N3S/c3-2-1-9(5)7-8(4)6-2/h1,6-7H/q+1. The average Bonchev–Trinajstić information content (AvgIpc) is 1.59. The lowest BCUT2D eigenvalue weighted by molar-refractivity contribution is 0.833. The quantitative estimate of drug-likeness (QED) is 0.614. The Bertz CT molecular complexity index is 178. The highest BCUT2D eigenvalue weighted by Crippen LogP contribution is 2.19. The molecule has 0 saturated heterocycles. The lowest BCUT2D eigenvalue weighted by Crippen LogP contribution is -1.92. The van der Waals surface area contributed by atoms with E-state index in [0.717, 1.165) is 4.32 Å². The summed E-state index contributed by atoms with van der Waals surface area (Å²) in [5.41, 5.74) is 0. The van der Waals surface area contributed by atoms with E-state index in [-0.39, 0.29) is 0 Å². The summed E-state index contributed by atoms with van der Waals surface area (Å²) < 4.78 is 3.71. The second kappa shape index (κ2) is 2.88. The van der Waals surface area contributed by atoms with Crippen LogP contribution in [0.4, 0.5) is 0 Å². The molecule has 0 aromatic carbocycles. The number of rotatable bonds is 0. The molecular formula is C2H3Cl3N3S+. The van der Waals surface area contributed by atoms with Gasteiger partial charge in [-0.15, -0.1) is 0 Å². The number of hydrogen-bond acceptors (Lipinski definition) is 0. The molecule has 1 rings (SSSR count). The Hall–Kier alpha value is 0.230. The normalized spacial score (nSPS) is 11.7. The van der Waals surface area contributed by atoms with E-state index in [1.807, 2.05) is 0 Å². The molecule has 0 fully saturated rings. The van der Waals surface area contributed by atoms with Crippen molar-refractivity contribution in [3.63, 3.8) is 0 Å². The number of aromatic amines is 2. The molecule has 3 nitrogen and oxygen atoms in total. The minimum absolute atomic E-state index is 0.419. The van der Waals surface area contributed by atoms with E-state index in [1.54, 1.807) is 5.38 Å². The van der Waals surface area contributed by atoms with Gasteiger partial charge in [-0.3, -0.25) is 0 Å². The Morgan fingerprint density at radius 1 is 1.67 bits per heavy atom. The van der Waals surface area contributed by atoms with Gasteiger partial charge in [0.15, 0.2) is 5.15 Å². The molecule has 0 bridgehead atoms. The molecule has 0 saturated carbocycles. The van der Waals surface area contributed by atoms with Crippen LogP contribution in [0.1, 0.15) is 0 Å². The third-order valence-corrected chi connectivity index (χ3v) is 2.45. The van der Waals surface area contributed by atoms with Crippen LogP contribution < -0.4 is 0 Å². The second-order valence-electron chi connectivity index (χ2n) is 1.23. The van der Waals surface area contributed by atoms with Gasteiger partial charge in [0, 0.05) is 0 Å². The van der Waals surface area contributed by atoms with Crippen molar-refractivity contribution in [3.05, 3.63) is 10.5 Å². The summed E-state index contributed by atoms with van der Waals surface area (Å²) in [7, 11) is 5.01. The fourth-order valence-electron chi connectivity index (χ4n) is 0.337. The van der Waals surface area contributed by atoms with E-state index in [0.29, 0.717) is 5.15 Å². The van der Waals surface area contributed by atoms with Gasteiger partial charge in [-0.05, 0) is 0 Å². The SMILES string of the molecule is Clc1c[s+](Cl)[nH]n(Cl)[nH]1. The molecule has 1 aromatic heterocycles. The van der Waals surface area contributed by atoms with Gasteiger partial charge in [-0.25, -0.2) is 5.10 Å². The smallest absolute Gasteiger partial charge is 0.237 e. The highest BCUT2D eigenvalue weighted by Gasteiger charge is 2.00. The summed E-state index contributed by atoms with van der Waals surface area (Å²) >= 11 is 10.9. The van der Waals surface area contributed by atoms with Crippen LogP contribution in [0.2, 0.25) is 5.15 Å². The monoisotopic (exact) mass is 206 g/mol. The van der Waals surface area contributed by atoms with Crippen LogP contribution in [-0.4, -0.2) is 13.9 Å². The second-order valence-corrected chi connectivity index (χ2v) is 3.96. The number of H-pyrrole nitrogens is 2. The zero-order valence-electron chi connectivity index (χ0n) is 4.07. The Balaban J connectivity index is 3.17. The molecule has 0 spiro atoms. The highest BCUT2D eigenvalue weighted by atomic mass is 35.7. The summed E-state index contributed by atoms with van der Waals surface area (Å²) in [4.78, 5) is 0. The minimum atomic E-state index is -0.591. The van der Waals surface area contributed by atoms with Crippen LogP contribution in [0.15, 0.2) is 5.38 Å². The maximum absolute atomic E-state index is 5.60. The van der Waals surface area contributed by atoms with E-state index in [1.165, 1.54) is 0 Å². The van der Waals surface area contributed by atoms with Gasteiger partial charge in [-0.2, -0.15) is 0 Å².